The second-order valence-electron chi connectivity index (χ2n) is 4.17. The second kappa shape index (κ2) is 6.17. The summed E-state index contributed by atoms with van der Waals surface area (Å²) in [5.74, 6) is 3.98. The van der Waals surface area contributed by atoms with Crippen molar-refractivity contribution in [1.82, 2.24) is 5.32 Å². The fraction of sp³-hybridized carbons (Fsp3) is 0.538. The van der Waals surface area contributed by atoms with Crippen LogP contribution in [0.3, 0.4) is 0 Å². The van der Waals surface area contributed by atoms with Crippen LogP contribution < -0.4 is 14.8 Å². The molecule has 0 bridgehead atoms. The van der Waals surface area contributed by atoms with Gasteiger partial charge in [-0.05, 0) is 41.2 Å². The molecule has 0 saturated carbocycles. The Hall–Kier alpha value is -0.390. The molecule has 0 radical (unpaired) electrons. The van der Waals surface area contributed by atoms with Crippen molar-refractivity contribution in [1.29, 1.82) is 0 Å². The van der Waals surface area contributed by atoms with Gasteiger partial charge in [0.05, 0.1) is 18.7 Å². The molecule has 1 aliphatic heterocycles. The standard InChI is InChI=1S/C13H18BrNO2S/c1-15-10-4-5-18-7-8-11(16-2)6-9(14)13(17-3)12(8)10/h6,10,15H,4-5,7H2,1-3H3. The summed E-state index contributed by atoms with van der Waals surface area (Å²) in [7, 11) is 5.44. The fourth-order valence-corrected chi connectivity index (χ4v) is 4.01. The summed E-state index contributed by atoms with van der Waals surface area (Å²) >= 11 is 5.51. The molecule has 18 heavy (non-hydrogen) atoms. The maximum absolute atomic E-state index is 5.58. The first-order chi connectivity index (χ1) is 8.72. The molecule has 2 rings (SSSR count). The van der Waals surface area contributed by atoms with E-state index in [1.54, 1.807) is 14.2 Å². The van der Waals surface area contributed by atoms with Crippen LogP contribution in [0.15, 0.2) is 10.5 Å². The Bertz CT molecular complexity index is 439. The smallest absolute Gasteiger partial charge is 0.138 e. The number of hydrogen-bond donors (Lipinski definition) is 1. The minimum Gasteiger partial charge on any atom is -0.496 e. The molecule has 1 atom stereocenters. The third-order valence-electron chi connectivity index (χ3n) is 3.26. The molecule has 0 saturated heterocycles. The first kappa shape index (κ1) is 14.0. The Morgan fingerprint density at radius 2 is 2.17 bits per heavy atom. The zero-order chi connectivity index (χ0) is 13.1. The SMILES string of the molecule is CNC1CCSCc2c(OC)cc(Br)c(OC)c21. The molecule has 1 aromatic carbocycles. The molecule has 0 spiro atoms. The van der Waals surface area contributed by atoms with Gasteiger partial charge in [0, 0.05) is 22.9 Å². The lowest BCUT2D eigenvalue weighted by atomic mass is 9.97. The molecule has 5 heteroatoms. The number of halogens is 1. The summed E-state index contributed by atoms with van der Waals surface area (Å²) in [6.45, 7) is 0. The molecule has 0 amide bonds. The van der Waals surface area contributed by atoms with Crippen molar-refractivity contribution in [3.8, 4) is 11.5 Å². The summed E-state index contributed by atoms with van der Waals surface area (Å²) in [6, 6.07) is 2.31. The lowest BCUT2D eigenvalue weighted by molar-refractivity contribution is 0.386. The third-order valence-corrected chi connectivity index (χ3v) is 4.87. The van der Waals surface area contributed by atoms with Crippen LogP contribution in [0.4, 0.5) is 0 Å². The molecule has 1 unspecified atom stereocenters. The number of nitrogens with one attached hydrogen (secondary N) is 1. The Morgan fingerprint density at radius 3 is 2.78 bits per heavy atom. The highest BCUT2D eigenvalue weighted by molar-refractivity contribution is 9.10. The first-order valence-corrected chi connectivity index (χ1v) is 7.86. The van der Waals surface area contributed by atoms with Crippen LogP contribution in [0, 0.1) is 0 Å². The van der Waals surface area contributed by atoms with Crippen molar-refractivity contribution in [3.05, 3.63) is 21.7 Å². The van der Waals surface area contributed by atoms with E-state index in [9.17, 15) is 0 Å². The number of thioether (sulfide) groups is 1. The van der Waals surface area contributed by atoms with Crippen LogP contribution >= 0.6 is 27.7 Å². The highest BCUT2D eigenvalue weighted by Crippen LogP contribution is 2.45. The van der Waals surface area contributed by atoms with Crippen LogP contribution in [-0.4, -0.2) is 27.0 Å². The van der Waals surface area contributed by atoms with E-state index in [-0.39, 0.29) is 0 Å². The Balaban J connectivity index is 2.65. The second-order valence-corrected chi connectivity index (χ2v) is 6.13. The van der Waals surface area contributed by atoms with Crippen LogP contribution in [-0.2, 0) is 5.75 Å². The average Bonchev–Trinajstić information content (AvgIpc) is 2.60. The molecule has 3 nitrogen and oxygen atoms in total. The van der Waals surface area contributed by atoms with Crippen molar-refractivity contribution in [2.24, 2.45) is 0 Å². The summed E-state index contributed by atoms with van der Waals surface area (Å²) in [4.78, 5) is 0. The van der Waals surface area contributed by atoms with Crippen molar-refractivity contribution < 1.29 is 9.47 Å². The summed E-state index contributed by atoms with van der Waals surface area (Å²) in [5.41, 5.74) is 2.48. The Labute approximate surface area is 121 Å². The largest absolute Gasteiger partial charge is 0.496 e. The monoisotopic (exact) mass is 331 g/mol. The van der Waals surface area contributed by atoms with Crippen LogP contribution in [0.25, 0.3) is 0 Å². The molecule has 1 N–H and O–H groups in total. The van der Waals surface area contributed by atoms with E-state index in [1.807, 2.05) is 24.9 Å². The molecular formula is C13H18BrNO2S. The quantitative estimate of drug-likeness (QED) is 0.919. The zero-order valence-electron chi connectivity index (χ0n) is 10.9. The van der Waals surface area contributed by atoms with Crippen molar-refractivity contribution >= 4 is 27.7 Å². The summed E-state index contributed by atoms with van der Waals surface area (Å²) < 4.78 is 12.0. The topological polar surface area (TPSA) is 30.5 Å². The Kier molecular flexibility index (Phi) is 4.81. The normalized spacial score (nSPS) is 19.0. The number of fused-ring (bicyclic) bond motifs is 1. The van der Waals surface area contributed by atoms with Crippen LogP contribution in [0.1, 0.15) is 23.6 Å². The number of rotatable bonds is 3. The van der Waals surface area contributed by atoms with E-state index in [0.29, 0.717) is 6.04 Å². The molecule has 0 fully saturated rings. The highest BCUT2D eigenvalue weighted by Gasteiger charge is 2.26. The van der Waals surface area contributed by atoms with Crippen LogP contribution in [0.5, 0.6) is 11.5 Å². The summed E-state index contributed by atoms with van der Waals surface area (Å²) in [6.07, 6.45) is 1.10. The van der Waals surface area contributed by atoms with Gasteiger partial charge < -0.3 is 14.8 Å². The predicted molar refractivity (Wildman–Crippen MR) is 79.8 cm³/mol. The highest BCUT2D eigenvalue weighted by atomic mass is 79.9. The van der Waals surface area contributed by atoms with Gasteiger partial charge >= 0.3 is 0 Å². The van der Waals surface area contributed by atoms with E-state index >= 15 is 0 Å². The summed E-state index contributed by atoms with van der Waals surface area (Å²) in [5, 5.41) is 3.38. The van der Waals surface area contributed by atoms with Crippen molar-refractivity contribution in [2.75, 3.05) is 27.0 Å². The number of benzene rings is 1. The molecule has 0 aliphatic carbocycles. The van der Waals surface area contributed by atoms with E-state index < -0.39 is 0 Å². The fourth-order valence-electron chi connectivity index (χ4n) is 2.38. The van der Waals surface area contributed by atoms with Gasteiger partial charge in [-0.15, -0.1) is 0 Å². The average molecular weight is 332 g/mol. The van der Waals surface area contributed by atoms with Gasteiger partial charge in [0.2, 0.25) is 0 Å². The molecule has 1 aromatic rings. The van der Waals surface area contributed by atoms with E-state index in [1.165, 1.54) is 11.1 Å². The van der Waals surface area contributed by atoms with Crippen LogP contribution in [0.2, 0.25) is 0 Å². The molecular weight excluding hydrogens is 314 g/mol. The molecule has 0 aromatic heterocycles. The van der Waals surface area contributed by atoms with Gasteiger partial charge in [-0.3, -0.25) is 0 Å². The van der Waals surface area contributed by atoms with Gasteiger partial charge in [0.25, 0.3) is 0 Å². The van der Waals surface area contributed by atoms with E-state index in [0.717, 1.165) is 33.9 Å². The molecule has 1 heterocycles. The van der Waals surface area contributed by atoms with Gasteiger partial charge in [0.1, 0.15) is 11.5 Å². The first-order valence-electron chi connectivity index (χ1n) is 5.91. The van der Waals surface area contributed by atoms with Gasteiger partial charge in [-0.25, -0.2) is 0 Å². The zero-order valence-corrected chi connectivity index (χ0v) is 13.3. The van der Waals surface area contributed by atoms with Crippen molar-refractivity contribution in [3.63, 3.8) is 0 Å². The number of hydrogen-bond acceptors (Lipinski definition) is 4. The van der Waals surface area contributed by atoms with E-state index in [2.05, 4.69) is 21.2 Å². The van der Waals surface area contributed by atoms with Gasteiger partial charge in [-0.1, -0.05) is 0 Å². The molecule has 1 aliphatic rings. The van der Waals surface area contributed by atoms with Gasteiger partial charge in [0.15, 0.2) is 0 Å². The lowest BCUT2D eigenvalue weighted by Crippen LogP contribution is -2.18. The Morgan fingerprint density at radius 1 is 1.39 bits per heavy atom. The number of methoxy groups -OCH3 is 2. The maximum Gasteiger partial charge on any atom is 0.138 e. The van der Waals surface area contributed by atoms with Crippen molar-refractivity contribution in [2.45, 2.75) is 18.2 Å². The maximum atomic E-state index is 5.58. The minimum absolute atomic E-state index is 0.316. The minimum atomic E-state index is 0.316. The number of ether oxygens (including phenoxy) is 2. The predicted octanol–water partition coefficient (Wildman–Crippen LogP) is 3.36. The van der Waals surface area contributed by atoms with Gasteiger partial charge in [-0.2, -0.15) is 11.8 Å². The van der Waals surface area contributed by atoms with E-state index in [4.69, 9.17) is 9.47 Å². The molecule has 100 valence electrons. The third kappa shape index (κ3) is 2.49. The lowest BCUT2D eigenvalue weighted by Gasteiger charge is -2.22.